The van der Waals surface area contributed by atoms with Crippen LogP contribution < -0.4 is 10.2 Å². The Kier molecular flexibility index (Phi) is 6.64. The highest BCUT2D eigenvalue weighted by atomic mass is 32.2. The standard InChI is InChI=1S/C29H25N3O2S/c1-35-24-12-9-20(10-13-24)25-7-2-3-8-26(25)29(34)31-23-11-14-27-21(18-23)15-17-32(27)28(33)19-22-6-4-5-16-30-22/h2-14,16,18H,15,17,19H2,1H3,(H,31,34). The molecule has 1 N–H and O–H groups in total. The number of rotatable bonds is 6. The quantitative estimate of drug-likeness (QED) is 0.352. The number of nitrogens with one attached hydrogen (secondary N) is 1. The van der Waals surface area contributed by atoms with Crippen molar-refractivity contribution in [1.29, 1.82) is 0 Å². The third-order valence-electron chi connectivity index (χ3n) is 6.17. The van der Waals surface area contributed by atoms with Crippen molar-refractivity contribution in [2.45, 2.75) is 17.7 Å². The van der Waals surface area contributed by atoms with E-state index in [0.717, 1.165) is 40.2 Å². The van der Waals surface area contributed by atoms with Crippen LogP contribution in [0.25, 0.3) is 11.1 Å². The largest absolute Gasteiger partial charge is 0.322 e. The molecule has 2 heterocycles. The number of nitrogens with zero attached hydrogens (tertiary/aromatic N) is 2. The van der Waals surface area contributed by atoms with Crippen LogP contribution in [0.4, 0.5) is 11.4 Å². The number of anilines is 2. The summed E-state index contributed by atoms with van der Waals surface area (Å²) in [6, 6.07) is 27.2. The second-order valence-electron chi connectivity index (χ2n) is 8.36. The van der Waals surface area contributed by atoms with Gasteiger partial charge < -0.3 is 10.2 Å². The molecule has 3 aromatic carbocycles. The summed E-state index contributed by atoms with van der Waals surface area (Å²) >= 11 is 1.69. The monoisotopic (exact) mass is 479 g/mol. The van der Waals surface area contributed by atoms with Crippen molar-refractivity contribution >= 4 is 35.0 Å². The number of pyridine rings is 1. The number of thioether (sulfide) groups is 1. The topological polar surface area (TPSA) is 62.3 Å². The summed E-state index contributed by atoms with van der Waals surface area (Å²) in [5, 5.41) is 3.05. The molecule has 0 saturated heterocycles. The Morgan fingerprint density at radius 3 is 2.54 bits per heavy atom. The van der Waals surface area contributed by atoms with E-state index in [2.05, 4.69) is 22.4 Å². The van der Waals surface area contributed by atoms with Gasteiger partial charge in [-0.25, -0.2) is 0 Å². The lowest BCUT2D eigenvalue weighted by atomic mass is 9.99. The third kappa shape index (κ3) is 4.98. The Balaban J connectivity index is 1.32. The fourth-order valence-corrected chi connectivity index (χ4v) is 4.80. The molecule has 5 rings (SSSR count). The lowest BCUT2D eigenvalue weighted by Gasteiger charge is -2.17. The Morgan fingerprint density at radius 2 is 1.77 bits per heavy atom. The molecule has 35 heavy (non-hydrogen) atoms. The lowest BCUT2D eigenvalue weighted by molar-refractivity contribution is -0.117. The molecule has 1 aromatic heterocycles. The average Bonchev–Trinajstić information content (AvgIpc) is 3.33. The highest BCUT2D eigenvalue weighted by molar-refractivity contribution is 7.98. The molecule has 1 aliphatic heterocycles. The highest BCUT2D eigenvalue weighted by Crippen LogP contribution is 2.32. The molecule has 0 radical (unpaired) electrons. The summed E-state index contributed by atoms with van der Waals surface area (Å²) in [7, 11) is 0. The fourth-order valence-electron chi connectivity index (χ4n) is 4.39. The van der Waals surface area contributed by atoms with Crippen LogP contribution in [0.5, 0.6) is 0 Å². The van der Waals surface area contributed by atoms with Crippen LogP contribution in [0.15, 0.2) is 96.0 Å². The molecule has 0 unspecified atom stereocenters. The molecule has 0 fully saturated rings. The number of fused-ring (bicyclic) bond motifs is 1. The third-order valence-corrected chi connectivity index (χ3v) is 6.91. The van der Waals surface area contributed by atoms with Crippen molar-refractivity contribution in [3.63, 3.8) is 0 Å². The van der Waals surface area contributed by atoms with Gasteiger partial charge in [-0.3, -0.25) is 14.6 Å². The van der Waals surface area contributed by atoms with Gasteiger partial charge in [-0.15, -0.1) is 11.8 Å². The first-order valence-electron chi connectivity index (χ1n) is 11.5. The first kappa shape index (κ1) is 22.9. The minimum Gasteiger partial charge on any atom is -0.322 e. The first-order chi connectivity index (χ1) is 17.1. The molecular weight excluding hydrogens is 454 g/mol. The van der Waals surface area contributed by atoms with E-state index < -0.39 is 0 Å². The maximum atomic E-state index is 13.2. The van der Waals surface area contributed by atoms with Gasteiger partial charge in [0.1, 0.15) is 0 Å². The van der Waals surface area contributed by atoms with Crippen molar-refractivity contribution in [2.24, 2.45) is 0 Å². The van der Waals surface area contributed by atoms with Gasteiger partial charge in [0, 0.05) is 40.3 Å². The van der Waals surface area contributed by atoms with E-state index in [9.17, 15) is 9.59 Å². The van der Waals surface area contributed by atoms with Crippen molar-refractivity contribution in [2.75, 3.05) is 23.0 Å². The fraction of sp³-hybridized carbons (Fsp3) is 0.138. The van der Waals surface area contributed by atoms with Gasteiger partial charge in [-0.05, 0) is 77.9 Å². The molecule has 0 aliphatic carbocycles. The van der Waals surface area contributed by atoms with Gasteiger partial charge in [0.05, 0.1) is 6.42 Å². The molecule has 0 atom stereocenters. The van der Waals surface area contributed by atoms with Crippen LogP contribution in [0, 0.1) is 0 Å². The predicted molar refractivity (Wildman–Crippen MR) is 142 cm³/mol. The zero-order valence-corrected chi connectivity index (χ0v) is 20.2. The minimum atomic E-state index is -0.157. The molecule has 2 amide bonds. The number of carbonyl (C=O) groups is 2. The number of hydrogen-bond donors (Lipinski definition) is 1. The number of amides is 2. The number of aromatic nitrogens is 1. The maximum Gasteiger partial charge on any atom is 0.256 e. The van der Waals surface area contributed by atoms with Crippen LogP contribution in [-0.4, -0.2) is 29.6 Å². The molecule has 1 aliphatic rings. The van der Waals surface area contributed by atoms with E-state index in [1.807, 2.05) is 84.0 Å². The van der Waals surface area contributed by atoms with Crippen LogP contribution in [0.2, 0.25) is 0 Å². The maximum absolute atomic E-state index is 13.2. The smallest absolute Gasteiger partial charge is 0.256 e. The number of carbonyl (C=O) groups excluding carboxylic acids is 2. The van der Waals surface area contributed by atoms with E-state index in [-0.39, 0.29) is 18.2 Å². The summed E-state index contributed by atoms with van der Waals surface area (Å²) in [6.07, 6.45) is 4.77. The van der Waals surface area contributed by atoms with Crippen molar-refractivity contribution < 1.29 is 9.59 Å². The summed E-state index contributed by atoms with van der Waals surface area (Å²) in [6.45, 7) is 0.632. The van der Waals surface area contributed by atoms with E-state index >= 15 is 0 Å². The van der Waals surface area contributed by atoms with Crippen LogP contribution in [0.1, 0.15) is 21.6 Å². The predicted octanol–water partition coefficient (Wildman–Crippen LogP) is 5.85. The summed E-state index contributed by atoms with van der Waals surface area (Å²) < 4.78 is 0. The molecule has 0 spiro atoms. The van der Waals surface area contributed by atoms with Gasteiger partial charge in [0.25, 0.3) is 5.91 Å². The Bertz CT molecular complexity index is 1370. The zero-order valence-electron chi connectivity index (χ0n) is 19.4. The first-order valence-corrected chi connectivity index (χ1v) is 12.7. The molecule has 0 saturated carbocycles. The van der Waals surface area contributed by atoms with Gasteiger partial charge in [0.2, 0.25) is 5.91 Å². The van der Waals surface area contributed by atoms with Crippen molar-refractivity contribution in [3.8, 4) is 11.1 Å². The Hall–Kier alpha value is -3.90. The molecular formula is C29H25N3O2S. The van der Waals surface area contributed by atoms with Gasteiger partial charge >= 0.3 is 0 Å². The Morgan fingerprint density at radius 1 is 0.971 bits per heavy atom. The SMILES string of the molecule is CSc1ccc(-c2ccccc2C(=O)Nc2ccc3c(c2)CCN3C(=O)Cc2ccccn2)cc1. The van der Waals surface area contributed by atoms with Crippen LogP contribution in [0.3, 0.4) is 0 Å². The lowest BCUT2D eigenvalue weighted by Crippen LogP contribution is -2.30. The molecule has 6 heteroatoms. The minimum absolute atomic E-state index is 0.0284. The van der Waals surface area contributed by atoms with Crippen LogP contribution in [-0.2, 0) is 17.6 Å². The van der Waals surface area contributed by atoms with Crippen molar-refractivity contribution in [3.05, 3.63) is 108 Å². The van der Waals surface area contributed by atoms with Gasteiger partial charge in [-0.2, -0.15) is 0 Å². The van der Waals surface area contributed by atoms with E-state index in [1.54, 1.807) is 18.0 Å². The van der Waals surface area contributed by atoms with Crippen molar-refractivity contribution in [1.82, 2.24) is 4.98 Å². The van der Waals surface area contributed by atoms with E-state index in [1.165, 1.54) is 4.90 Å². The normalized spacial score (nSPS) is 12.3. The molecule has 5 nitrogen and oxygen atoms in total. The number of benzene rings is 3. The second-order valence-corrected chi connectivity index (χ2v) is 9.24. The average molecular weight is 480 g/mol. The zero-order chi connectivity index (χ0) is 24.2. The highest BCUT2D eigenvalue weighted by Gasteiger charge is 2.25. The van der Waals surface area contributed by atoms with Crippen LogP contribution >= 0.6 is 11.8 Å². The molecule has 4 aromatic rings. The summed E-state index contributed by atoms with van der Waals surface area (Å²) in [5.74, 6) is -0.128. The summed E-state index contributed by atoms with van der Waals surface area (Å²) in [4.78, 5) is 33.3. The number of hydrogen-bond acceptors (Lipinski definition) is 4. The summed E-state index contributed by atoms with van der Waals surface area (Å²) in [5.41, 5.74) is 5.96. The van der Waals surface area contributed by atoms with E-state index in [4.69, 9.17) is 0 Å². The van der Waals surface area contributed by atoms with Gasteiger partial charge in [-0.1, -0.05) is 36.4 Å². The molecule has 174 valence electrons. The second kappa shape index (κ2) is 10.2. The van der Waals surface area contributed by atoms with Gasteiger partial charge in [0.15, 0.2) is 0 Å². The molecule has 0 bridgehead atoms. The Labute approximate surface area is 209 Å². The van der Waals surface area contributed by atoms with E-state index in [0.29, 0.717) is 12.1 Å².